The monoisotopic (exact) mass is 327 g/mol. The molecule has 3 N–H and O–H groups in total. The zero-order chi connectivity index (χ0) is 15.7. The minimum atomic E-state index is -1.15. The fourth-order valence-electron chi connectivity index (χ4n) is 2.26. The van der Waals surface area contributed by atoms with Gasteiger partial charge in [0.05, 0.1) is 12.8 Å². The van der Waals surface area contributed by atoms with E-state index in [-0.39, 0.29) is 6.61 Å². The smallest absolute Gasteiger partial charge is 0.150 e. The summed E-state index contributed by atoms with van der Waals surface area (Å²) < 4.78 is 19.6. The standard InChI is InChI=1S/C13H14FN3O4S/c14-8-3-1-2-7(4-8)9-5-17(16-15-9)11-12(19)10(6-18)21-22-13(11)20/h1-5,10-13,18-20H,6H2/t10?,11?,12-,13?/m0/s1. The van der Waals surface area contributed by atoms with Crippen LogP contribution in [-0.2, 0) is 4.18 Å². The molecule has 1 fully saturated rings. The predicted octanol–water partition coefficient (Wildman–Crippen LogP) is 0.344. The molecule has 4 atom stereocenters. The van der Waals surface area contributed by atoms with Gasteiger partial charge in [0.1, 0.15) is 35.2 Å². The minimum Gasteiger partial charge on any atom is -0.394 e. The summed E-state index contributed by atoms with van der Waals surface area (Å²) in [6.45, 7) is -0.386. The highest BCUT2D eigenvalue weighted by molar-refractivity contribution is 7.95. The van der Waals surface area contributed by atoms with Crippen LogP contribution in [0.4, 0.5) is 4.39 Å². The summed E-state index contributed by atoms with van der Waals surface area (Å²) in [5.74, 6) is -0.394. The maximum absolute atomic E-state index is 13.3. The first-order valence-electron chi connectivity index (χ1n) is 6.57. The van der Waals surface area contributed by atoms with Crippen molar-refractivity contribution in [1.29, 1.82) is 0 Å². The fourth-order valence-corrected chi connectivity index (χ4v) is 3.09. The van der Waals surface area contributed by atoms with Crippen molar-refractivity contribution in [2.75, 3.05) is 6.61 Å². The van der Waals surface area contributed by atoms with Crippen LogP contribution in [0.1, 0.15) is 6.04 Å². The molecule has 0 aliphatic carbocycles. The Hall–Kier alpha value is -1.52. The van der Waals surface area contributed by atoms with Crippen molar-refractivity contribution in [3.05, 3.63) is 36.3 Å². The van der Waals surface area contributed by atoms with E-state index in [1.165, 1.54) is 23.0 Å². The molecular formula is C13H14FN3O4S. The molecule has 3 rings (SSSR count). The summed E-state index contributed by atoms with van der Waals surface area (Å²) in [6.07, 6.45) is -0.477. The normalized spacial score (nSPS) is 28.7. The van der Waals surface area contributed by atoms with Crippen LogP contribution in [0, 0.1) is 5.82 Å². The molecule has 1 aliphatic rings. The molecule has 1 saturated heterocycles. The maximum Gasteiger partial charge on any atom is 0.150 e. The summed E-state index contributed by atoms with van der Waals surface area (Å²) in [5.41, 5.74) is -0.121. The van der Waals surface area contributed by atoms with E-state index in [0.717, 1.165) is 12.0 Å². The van der Waals surface area contributed by atoms with Gasteiger partial charge < -0.3 is 19.5 Å². The van der Waals surface area contributed by atoms with E-state index in [4.69, 9.17) is 9.29 Å². The molecular weight excluding hydrogens is 313 g/mol. The second-order valence-corrected chi connectivity index (χ2v) is 5.75. The van der Waals surface area contributed by atoms with Crippen LogP contribution in [0.2, 0.25) is 0 Å². The highest BCUT2D eigenvalue weighted by atomic mass is 32.2. The van der Waals surface area contributed by atoms with Crippen LogP contribution in [0.5, 0.6) is 0 Å². The van der Waals surface area contributed by atoms with E-state index < -0.39 is 29.5 Å². The molecule has 22 heavy (non-hydrogen) atoms. The average molecular weight is 327 g/mol. The van der Waals surface area contributed by atoms with Crippen molar-refractivity contribution in [3.63, 3.8) is 0 Å². The van der Waals surface area contributed by atoms with Gasteiger partial charge in [-0.1, -0.05) is 17.3 Å². The van der Waals surface area contributed by atoms with E-state index in [1.807, 2.05) is 0 Å². The van der Waals surface area contributed by atoms with Gasteiger partial charge >= 0.3 is 0 Å². The first kappa shape index (κ1) is 15.4. The van der Waals surface area contributed by atoms with E-state index in [1.54, 1.807) is 12.1 Å². The lowest BCUT2D eigenvalue weighted by Gasteiger charge is -2.35. The van der Waals surface area contributed by atoms with Gasteiger partial charge in [0.15, 0.2) is 0 Å². The quantitative estimate of drug-likeness (QED) is 0.699. The van der Waals surface area contributed by atoms with Crippen molar-refractivity contribution in [2.24, 2.45) is 0 Å². The Labute approximate surface area is 129 Å². The molecule has 0 spiro atoms. The van der Waals surface area contributed by atoms with Gasteiger partial charge in [-0.15, -0.1) is 5.10 Å². The Morgan fingerprint density at radius 1 is 1.36 bits per heavy atom. The Morgan fingerprint density at radius 3 is 2.91 bits per heavy atom. The molecule has 0 saturated carbocycles. The fraction of sp³-hybridized carbons (Fsp3) is 0.385. The van der Waals surface area contributed by atoms with Crippen molar-refractivity contribution in [3.8, 4) is 11.3 Å². The Morgan fingerprint density at radius 2 is 2.18 bits per heavy atom. The molecule has 0 radical (unpaired) electrons. The van der Waals surface area contributed by atoms with Crippen LogP contribution in [0.25, 0.3) is 11.3 Å². The van der Waals surface area contributed by atoms with Crippen LogP contribution in [0.3, 0.4) is 0 Å². The number of hydrogen-bond donors (Lipinski definition) is 3. The third-order valence-corrected chi connectivity index (χ3v) is 4.25. The number of aliphatic hydroxyl groups excluding tert-OH is 3. The molecule has 3 unspecified atom stereocenters. The molecule has 118 valence electrons. The van der Waals surface area contributed by atoms with Crippen LogP contribution in [0.15, 0.2) is 30.5 Å². The number of rotatable bonds is 3. The van der Waals surface area contributed by atoms with Crippen molar-refractivity contribution in [1.82, 2.24) is 15.0 Å². The molecule has 1 aliphatic heterocycles. The van der Waals surface area contributed by atoms with Crippen LogP contribution >= 0.6 is 12.0 Å². The molecule has 2 aromatic rings. The van der Waals surface area contributed by atoms with Gasteiger partial charge in [-0.05, 0) is 12.1 Å². The highest BCUT2D eigenvalue weighted by Gasteiger charge is 2.41. The first-order chi connectivity index (χ1) is 10.6. The van der Waals surface area contributed by atoms with Gasteiger partial charge in [0.2, 0.25) is 0 Å². The largest absolute Gasteiger partial charge is 0.394 e. The highest BCUT2D eigenvalue weighted by Crippen LogP contribution is 2.35. The third-order valence-electron chi connectivity index (χ3n) is 3.42. The second-order valence-electron chi connectivity index (χ2n) is 4.88. The summed E-state index contributed by atoms with van der Waals surface area (Å²) in [7, 11) is 0. The topological polar surface area (TPSA) is 101 Å². The van der Waals surface area contributed by atoms with Gasteiger partial charge in [0, 0.05) is 17.6 Å². The average Bonchev–Trinajstić information content (AvgIpc) is 2.97. The van der Waals surface area contributed by atoms with Gasteiger partial charge in [-0.3, -0.25) is 0 Å². The van der Waals surface area contributed by atoms with E-state index in [0.29, 0.717) is 11.3 Å². The summed E-state index contributed by atoms with van der Waals surface area (Å²) in [6, 6.07) is 5.04. The first-order valence-corrected chi connectivity index (χ1v) is 7.37. The molecule has 0 amide bonds. The number of halogens is 1. The number of aliphatic hydroxyl groups is 3. The van der Waals surface area contributed by atoms with Crippen LogP contribution < -0.4 is 0 Å². The summed E-state index contributed by atoms with van der Waals surface area (Å²) in [5, 5.41) is 37.1. The van der Waals surface area contributed by atoms with Crippen molar-refractivity contribution < 1.29 is 23.9 Å². The Kier molecular flexibility index (Phi) is 4.41. The Bertz CT molecular complexity index is 656. The van der Waals surface area contributed by atoms with E-state index in [9.17, 15) is 14.6 Å². The number of aromatic nitrogens is 3. The minimum absolute atomic E-state index is 0.386. The van der Waals surface area contributed by atoms with Gasteiger partial charge in [-0.25, -0.2) is 9.07 Å². The third kappa shape index (κ3) is 2.85. The van der Waals surface area contributed by atoms with Crippen molar-refractivity contribution >= 4 is 12.0 Å². The molecule has 1 aromatic carbocycles. The predicted molar refractivity (Wildman–Crippen MR) is 76.0 cm³/mol. The lowest BCUT2D eigenvalue weighted by Crippen LogP contribution is -2.46. The van der Waals surface area contributed by atoms with Gasteiger partial charge in [-0.2, -0.15) is 0 Å². The van der Waals surface area contributed by atoms with Crippen molar-refractivity contribution in [2.45, 2.75) is 23.7 Å². The zero-order valence-corrected chi connectivity index (χ0v) is 12.1. The lowest BCUT2D eigenvalue weighted by molar-refractivity contribution is -0.0584. The molecule has 1 aromatic heterocycles. The second kappa shape index (κ2) is 6.31. The zero-order valence-electron chi connectivity index (χ0n) is 11.3. The molecule has 9 heteroatoms. The lowest BCUT2D eigenvalue weighted by atomic mass is 10.1. The molecule has 2 heterocycles. The molecule has 7 nitrogen and oxygen atoms in total. The Balaban J connectivity index is 1.89. The number of nitrogens with zero attached hydrogens (tertiary/aromatic N) is 3. The number of hydrogen-bond acceptors (Lipinski definition) is 7. The van der Waals surface area contributed by atoms with Gasteiger partial charge in [0.25, 0.3) is 0 Å². The molecule has 0 bridgehead atoms. The maximum atomic E-state index is 13.3. The summed E-state index contributed by atoms with van der Waals surface area (Å²) in [4.78, 5) is 0. The van der Waals surface area contributed by atoms with Crippen LogP contribution in [-0.4, -0.2) is 54.6 Å². The van der Waals surface area contributed by atoms with E-state index >= 15 is 0 Å². The SMILES string of the molecule is OCC1OSC(O)C(n2cc(-c3cccc(F)c3)nn2)[C@H]1O. The number of benzene rings is 1. The van der Waals surface area contributed by atoms with E-state index in [2.05, 4.69) is 10.3 Å². The summed E-state index contributed by atoms with van der Waals surface area (Å²) >= 11 is 0.752.